The van der Waals surface area contributed by atoms with Crippen LogP contribution < -0.4 is 5.32 Å². The molecule has 2 rings (SSSR count). The lowest BCUT2D eigenvalue weighted by Crippen LogP contribution is -2.46. The van der Waals surface area contributed by atoms with Crippen molar-refractivity contribution in [3.63, 3.8) is 0 Å². The summed E-state index contributed by atoms with van der Waals surface area (Å²) in [5.41, 5.74) is -0.275. The number of hydrogen-bond donors (Lipinski definition) is 1. The number of hydrogen-bond acceptors (Lipinski definition) is 3. The van der Waals surface area contributed by atoms with Gasteiger partial charge in [-0.15, -0.1) is 0 Å². The van der Waals surface area contributed by atoms with E-state index in [1.165, 1.54) is 25.5 Å². The third-order valence-corrected chi connectivity index (χ3v) is 4.48. The fourth-order valence-electron chi connectivity index (χ4n) is 2.76. The zero-order valence-corrected chi connectivity index (χ0v) is 14.0. The van der Waals surface area contributed by atoms with Gasteiger partial charge in [0.15, 0.2) is 6.10 Å². The van der Waals surface area contributed by atoms with Crippen LogP contribution in [-0.2, 0) is 9.53 Å². The summed E-state index contributed by atoms with van der Waals surface area (Å²) in [6.45, 7) is 3.57. The minimum atomic E-state index is -0.991. The van der Waals surface area contributed by atoms with Crippen LogP contribution in [-0.4, -0.2) is 24.0 Å². The van der Waals surface area contributed by atoms with E-state index in [0.717, 1.165) is 25.3 Å². The first-order chi connectivity index (χ1) is 10.9. The molecule has 6 heteroatoms. The van der Waals surface area contributed by atoms with Gasteiger partial charge in [0.05, 0.1) is 5.56 Å². The maximum atomic E-state index is 13.6. The Labute approximate surface area is 140 Å². The first kappa shape index (κ1) is 17.7. The monoisotopic (exact) mass is 341 g/mol. The smallest absolute Gasteiger partial charge is 0.341 e. The van der Waals surface area contributed by atoms with Gasteiger partial charge < -0.3 is 10.1 Å². The number of carbonyl (C=O) groups is 2. The highest BCUT2D eigenvalue weighted by atomic mass is 35.5. The number of rotatable bonds is 4. The maximum Gasteiger partial charge on any atom is 0.341 e. The first-order valence-electron chi connectivity index (χ1n) is 7.85. The van der Waals surface area contributed by atoms with Crippen molar-refractivity contribution in [3.8, 4) is 0 Å². The number of amides is 1. The Morgan fingerprint density at radius 1 is 1.35 bits per heavy atom. The summed E-state index contributed by atoms with van der Waals surface area (Å²) in [6.07, 6.45) is 3.27. The summed E-state index contributed by atoms with van der Waals surface area (Å²) in [6, 6.07) is 3.72. The second-order valence-corrected chi connectivity index (χ2v) is 6.48. The van der Waals surface area contributed by atoms with E-state index in [-0.39, 0.29) is 22.5 Å². The minimum absolute atomic E-state index is 0.0975. The minimum Gasteiger partial charge on any atom is -0.449 e. The van der Waals surface area contributed by atoms with Gasteiger partial charge in [-0.3, -0.25) is 4.79 Å². The quantitative estimate of drug-likeness (QED) is 0.849. The predicted octanol–water partition coefficient (Wildman–Crippen LogP) is 3.72. The standard InChI is InChI=1S/C17H21ClFNO3/c1-10-5-3-4-6-15(10)20-16(21)11(2)23-17(22)13-9-12(18)7-8-14(13)19/h7-11,15H,3-6H2,1-2H3,(H,20,21)/t10-,11+,15-/m0/s1. The fraction of sp³-hybridized carbons (Fsp3) is 0.529. The Morgan fingerprint density at radius 3 is 2.74 bits per heavy atom. The number of nitrogens with one attached hydrogen (secondary N) is 1. The molecule has 1 aromatic carbocycles. The molecule has 23 heavy (non-hydrogen) atoms. The van der Waals surface area contributed by atoms with Crippen LogP contribution in [0.4, 0.5) is 4.39 Å². The van der Waals surface area contributed by atoms with Gasteiger partial charge in [0, 0.05) is 11.1 Å². The molecule has 3 atom stereocenters. The molecule has 0 aliphatic heterocycles. The lowest BCUT2D eigenvalue weighted by molar-refractivity contribution is -0.130. The van der Waals surface area contributed by atoms with Gasteiger partial charge in [-0.1, -0.05) is 31.4 Å². The summed E-state index contributed by atoms with van der Waals surface area (Å²) in [5, 5.41) is 3.14. The van der Waals surface area contributed by atoms with Crippen molar-refractivity contribution in [2.45, 2.75) is 51.7 Å². The van der Waals surface area contributed by atoms with Gasteiger partial charge in [0.1, 0.15) is 5.82 Å². The highest BCUT2D eigenvalue weighted by Gasteiger charge is 2.27. The summed E-state index contributed by atoms with van der Waals surface area (Å²) in [5.74, 6) is -1.59. The number of esters is 1. The highest BCUT2D eigenvalue weighted by molar-refractivity contribution is 6.30. The molecule has 4 nitrogen and oxygen atoms in total. The van der Waals surface area contributed by atoms with E-state index >= 15 is 0 Å². The average Bonchev–Trinajstić information content (AvgIpc) is 2.51. The molecule has 1 fully saturated rings. The number of halogens is 2. The van der Waals surface area contributed by atoms with E-state index in [1.807, 2.05) is 0 Å². The number of carbonyl (C=O) groups excluding carboxylic acids is 2. The van der Waals surface area contributed by atoms with Crippen LogP contribution in [0.25, 0.3) is 0 Å². The van der Waals surface area contributed by atoms with Crippen molar-refractivity contribution in [1.29, 1.82) is 0 Å². The lowest BCUT2D eigenvalue weighted by atomic mass is 9.86. The van der Waals surface area contributed by atoms with Gasteiger partial charge in [-0.05, 0) is 43.9 Å². The summed E-state index contributed by atoms with van der Waals surface area (Å²) in [7, 11) is 0. The van der Waals surface area contributed by atoms with Crippen LogP contribution in [0.2, 0.25) is 5.02 Å². The molecule has 1 saturated carbocycles. The predicted molar refractivity (Wildman–Crippen MR) is 85.9 cm³/mol. The van der Waals surface area contributed by atoms with Crippen molar-refractivity contribution in [3.05, 3.63) is 34.6 Å². The zero-order valence-electron chi connectivity index (χ0n) is 13.3. The molecule has 0 spiro atoms. The lowest BCUT2D eigenvalue weighted by Gasteiger charge is -2.30. The topological polar surface area (TPSA) is 55.4 Å². The van der Waals surface area contributed by atoms with E-state index in [0.29, 0.717) is 5.92 Å². The molecule has 0 aromatic heterocycles. The van der Waals surface area contributed by atoms with Crippen LogP contribution >= 0.6 is 11.6 Å². The van der Waals surface area contributed by atoms with Crippen molar-refractivity contribution in [2.24, 2.45) is 5.92 Å². The molecular formula is C17H21ClFNO3. The number of benzene rings is 1. The molecule has 1 aliphatic carbocycles. The molecule has 1 amide bonds. The molecular weight excluding hydrogens is 321 g/mol. The average molecular weight is 342 g/mol. The molecule has 0 unspecified atom stereocenters. The Morgan fingerprint density at radius 2 is 2.04 bits per heavy atom. The van der Waals surface area contributed by atoms with Crippen molar-refractivity contribution < 1.29 is 18.7 Å². The zero-order chi connectivity index (χ0) is 17.0. The second-order valence-electron chi connectivity index (χ2n) is 6.05. The second kappa shape index (κ2) is 7.77. The third-order valence-electron chi connectivity index (χ3n) is 4.24. The van der Waals surface area contributed by atoms with E-state index in [4.69, 9.17) is 16.3 Å². The highest BCUT2D eigenvalue weighted by Crippen LogP contribution is 2.24. The van der Waals surface area contributed by atoms with Crippen molar-refractivity contribution in [2.75, 3.05) is 0 Å². The van der Waals surface area contributed by atoms with Crippen LogP contribution in [0.5, 0.6) is 0 Å². The summed E-state index contributed by atoms with van der Waals surface area (Å²) < 4.78 is 18.7. The Kier molecular flexibility index (Phi) is 5.99. The molecule has 0 heterocycles. The van der Waals surface area contributed by atoms with Crippen molar-refractivity contribution in [1.82, 2.24) is 5.32 Å². The summed E-state index contributed by atoms with van der Waals surface area (Å²) >= 11 is 5.75. The Hall–Kier alpha value is -1.62. The molecule has 1 aromatic rings. The molecule has 126 valence electrons. The fourth-order valence-corrected chi connectivity index (χ4v) is 2.93. The third kappa shape index (κ3) is 4.67. The molecule has 0 saturated heterocycles. The van der Waals surface area contributed by atoms with E-state index in [1.54, 1.807) is 0 Å². The van der Waals surface area contributed by atoms with E-state index in [9.17, 15) is 14.0 Å². The first-order valence-corrected chi connectivity index (χ1v) is 8.22. The van der Waals surface area contributed by atoms with Crippen LogP contribution in [0.15, 0.2) is 18.2 Å². The number of ether oxygens (including phenoxy) is 1. The van der Waals surface area contributed by atoms with Crippen LogP contribution in [0, 0.1) is 11.7 Å². The van der Waals surface area contributed by atoms with Gasteiger partial charge >= 0.3 is 5.97 Å². The van der Waals surface area contributed by atoms with Crippen molar-refractivity contribution >= 4 is 23.5 Å². The van der Waals surface area contributed by atoms with Crippen LogP contribution in [0.1, 0.15) is 49.9 Å². The van der Waals surface area contributed by atoms with Gasteiger partial charge in [-0.25, -0.2) is 9.18 Å². The van der Waals surface area contributed by atoms with E-state index < -0.39 is 17.9 Å². The largest absolute Gasteiger partial charge is 0.449 e. The normalized spacial score (nSPS) is 22.3. The van der Waals surface area contributed by atoms with E-state index in [2.05, 4.69) is 12.2 Å². The summed E-state index contributed by atoms with van der Waals surface area (Å²) in [4.78, 5) is 24.2. The molecule has 1 aliphatic rings. The molecule has 0 radical (unpaired) electrons. The van der Waals surface area contributed by atoms with Gasteiger partial charge in [0.25, 0.3) is 5.91 Å². The molecule has 1 N–H and O–H groups in total. The van der Waals surface area contributed by atoms with Gasteiger partial charge in [-0.2, -0.15) is 0 Å². The Bertz CT molecular complexity index is 593. The SMILES string of the molecule is C[C@@H](OC(=O)c1cc(Cl)ccc1F)C(=O)N[C@H]1CCCC[C@@H]1C. The van der Waals surface area contributed by atoms with Crippen LogP contribution in [0.3, 0.4) is 0 Å². The molecule has 0 bridgehead atoms. The van der Waals surface area contributed by atoms with Gasteiger partial charge in [0.2, 0.25) is 0 Å². The Balaban J connectivity index is 1.94. The maximum absolute atomic E-state index is 13.6.